The summed E-state index contributed by atoms with van der Waals surface area (Å²) in [7, 11) is 1.86. The van der Waals surface area contributed by atoms with Crippen molar-refractivity contribution in [1.82, 2.24) is 4.90 Å². The van der Waals surface area contributed by atoms with Gasteiger partial charge in [-0.1, -0.05) is 0 Å². The van der Waals surface area contributed by atoms with E-state index in [0.29, 0.717) is 5.92 Å². The number of halogens is 1. The van der Waals surface area contributed by atoms with E-state index in [1.807, 2.05) is 18.5 Å². The third-order valence-corrected chi connectivity index (χ3v) is 4.77. The highest BCUT2D eigenvalue weighted by Gasteiger charge is 2.21. The van der Waals surface area contributed by atoms with E-state index in [1.165, 1.54) is 11.3 Å². The van der Waals surface area contributed by atoms with Crippen LogP contribution in [0.4, 0.5) is 0 Å². The molecule has 1 amide bonds. The van der Waals surface area contributed by atoms with Crippen molar-refractivity contribution in [3.8, 4) is 0 Å². The molecule has 17 heavy (non-hydrogen) atoms. The minimum atomic E-state index is 0.0949. The van der Waals surface area contributed by atoms with Crippen LogP contribution in [0, 0.1) is 5.92 Å². The van der Waals surface area contributed by atoms with E-state index in [2.05, 4.69) is 15.9 Å². The molecule has 0 N–H and O–H groups in total. The third-order valence-electron chi connectivity index (χ3n) is 2.94. The van der Waals surface area contributed by atoms with Crippen LogP contribution in [0.5, 0.6) is 0 Å². The lowest BCUT2D eigenvalue weighted by Crippen LogP contribution is -2.34. The number of amides is 1. The summed E-state index contributed by atoms with van der Waals surface area (Å²) in [4.78, 5) is 14.7. The molecule has 0 radical (unpaired) electrons. The Kier molecular flexibility index (Phi) is 4.59. The summed E-state index contributed by atoms with van der Waals surface area (Å²) in [6, 6.07) is 1.91. The molecule has 0 saturated carbocycles. The number of nitrogens with zero attached hydrogens (tertiary/aromatic N) is 1. The fourth-order valence-corrected chi connectivity index (χ4v) is 3.58. The van der Waals surface area contributed by atoms with Crippen molar-refractivity contribution in [3.05, 3.63) is 20.8 Å². The van der Waals surface area contributed by atoms with Crippen LogP contribution in [-0.4, -0.2) is 37.6 Å². The van der Waals surface area contributed by atoms with E-state index in [-0.39, 0.29) is 5.91 Å². The Bertz CT molecular complexity index is 388. The van der Waals surface area contributed by atoms with E-state index in [4.69, 9.17) is 4.74 Å². The SMILES string of the molecule is CN(C[C@H]1CCCOC1)C(=O)c1sccc1Br. The average Bonchev–Trinajstić information content (AvgIpc) is 2.76. The number of carbonyl (C=O) groups is 1. The number of rotatable bonds is 3. The van der Waals surface area contributed by atoms with E-state index in [1.54, 1.807) is 4.90 Å². The second-order valence-corrected chi connectivity index (χ2v) is 6.14. The summed E-state index contributed by atoms with van der Waals surface area (Å²) in [5.74, 6) is 0.578. The van der Waals surface area contributed by atoms with Gasteiger partial charge in [-0.2, -0.15) is 0 Å². The van der Waals surface area contributed by atoms with Crippen molar-refractivity contribution in [3.63, 3.8) is 0 Å². The first kappa shape index (κ1) is 13.1. The normalized spacial score (nSPS) is 20.2. The van der Waals surface area contributed by atoms with Crippen LogP contribution < -0.4 is 0 Å². The Morgan fingerprint density at radius 3 is 3.12 bits per heavy atom. The van der Waals surface area contributed by atoms with Gasteiger partial charge in [0.1, 0.15) is 4.88 Å². The molecule has 1 aromatic rings. The quantitative estimate of drug-likeness (QED) is 0.857. The Morgan fingerprint density at radius 2 is 2.53 bits per heavy atom. The van der Waals surface area contributed by atoms with E-state index in [9.17, 15) is 4.79 Å². The van der Waals surface area contributed by atoms with Crippen molar-refractivity contribution < 1.29 is 9.53 Å². The fraction of sp³-hybridized carbons (Fsp3) is 0.583. The molecule has 3 nitrogen and oxygen atoms in total. The Balaban J connectivity index is 1.93. The summed E-state index contributed by atoms with van der Waals surface area (Å²) < 4.78 is 6.32. The lowest BCUT2D eigenvalue weighted by atomic mass is 10.0. The van der Waals surface area contributed by atoms with Gasteiger partial charge >= 0.3 is 0 Å². The molecular weight excluding hydrogens is 302 g/mol. The van der Waals surface area contributed by atoms with Crippen LogP contribution >= 0.6 is 27.3 Å². The number of carbonyl (C=O) groups excluding carboxylic acids is 1. The van der Waals surface area contributed by atoms with Crippen molar-refractivity contribution in [1.29, 1.82) is 0 Å². The lowest BCUT2D eigenvalue weighted by Gasteiger charge is -2.27. The van der Waals surface area contributed by atoms with Gasteiger partial charge in [-0.15, -0.1) is 11.3 Å². The molecular formula is C12H16BrNO2S. The number of ether oxygens (including phenoxy) is 1. The van der Waals surface area contributed by atoms with Gasteiger partial charge in [0.15, 0.2) is 0 Å². The molecule has 1 aromatic heterocycles. The predicted octanol–water partition coefficient (Wildman–Crippen LogP) is 3.01. The smallest absolute Gasteiger partial charge is 0.264 e. The van der Waals surface area contributed by atoms with Gasteiger partial charge in [-0.25, -0.2) is 0 Å². The largest absolute Gasteiger partial charge is 0.381 e. The molecule has 2 rings (SSSR count). The molecule has 0 bridgehead atoms. The second-order valence-electron chi connectivity index (χ2n) is 4.37. The molecule has 1 aliphatic heterocycles. The van der Waals surface area contributed by atoms with E-state index >= 15 is 0 Å². The van der Waals surface area contributed by atoms with Crippen LogP contribution in [0.3, 0.4) is 0 Å². The molecule has 1 saturated heterocycles. The molecule has 94 valence electrons. The maximum Gasteiger partial charge on any atom is 0.264 e. The van der Waals surface area contributed by atoms with E-state index in [0.717, 1.165) is 42.0 Å². The summed E-state index contributed by atoms with van der Waals surface area (Å²) in [6.07, 6.45) is 2.26. The summed E-state index contributed by atoms with van der Waals surface area (Å²) in [5.41, 5.74) is 0. The first-order valence-corrected chi connectivity index (χ1v) is 7.42. The lowest BCUT2D eigenvalue weighted by molar-refractivity contribution is 0.0390. The molecule has 0 spiro atoms. The third kappa shape index (κ3) is 3.30. The monoisotopic (exact) mass is 317 g/mol. The van der Waals surface area contributed by atoms with Crippen LogP contribution in [-0.2, 0) is 4.74 Å². The van der Waals surface area contributed by atoms with Gasteiger partial charge in [0.05, 0.1) is 6.61 Å². The van der Waals surface area contributed by atoms with Crippen molar-refractivity contribution in [2.45, 2.75) is 12.8 Å². The number of thiophene rings is 1. The molecule has 5 heteroatoms. The molecule has 1 aliphatic rings. The van der Waals surface area contributed by atoms with Crippen molar-refractivity contribution >= 4 is 33.2 Å². The van der Waals surface area contributed by atoms with Crippen molar-refractivity contribution in [2.75, 3.05) is 26.8 Å². The molecule has 1 atom stereocenters. The zero-order valence-corrected chi connectivity index (χ0v) is 12.2. The highest BCUT2D eigenvalue weighted by Crippen LogP contribution is 2.24. The van der Waals surface area contributed by atoms with Gasteiger partial charge in [0, 0.05) is 24.7 Å². The molecule has 0 aliphatic carbocycles. The summed E-state index contributed by atoms with van der Waals surface area (Å²) in [6.45, 7) is 2.43. The maximum atomic E-state index is 12.2. The average molecular weight is 318 g/mol. The summed E-state index contributed by atoms with van der Waals surface area (Å²) in [5, 5.41) is 1.93. The molecule has 0 aromatic carbocycles. The van der Waals surface area contributed by atoms with Gasteiger partial charge < -0.3 is 9.64 Å². The topological polar surface area (TPSA) is 29.5 Å². The van der Waals surface area contributed by atoms with Gasteiger partial charge in [-0.3, -0.25) is 4.79 Å². The Labute approximate surface area is 114 Å². The van der Waals surface area contributed by atoms with Crippen LogP contribution in [0.15, 0.2) is 15.9 Å². The number of hydrogen-bond donors (Lipinski definition) is 0. The second kappa shape index (κ2) is 5.98. The maximum absolute atomic E-state index is 12.2. The fourth-order valence-electron chi connectivity index (χ4n) is 2.04. The first-order valence-electron chi connectivity index (χ1n) is 5.74. The minimum Gasteiger partial charge on any atom is -0.381 e. The zero-order valence-electron chi connectivity index (χ0n) is 9.82. The Morgan fingerprint density at radius 1 is 1.71 bits per heavy atom. The zero-order chi connectivity index (χ0) is 12.3. The Hall–Kier alpha value is -0.390. The van der Waals surface area contributed by atoms with Crippen LogP contribution in [0.25, 0.3) is 0 Å². The minimum absolute atomic E-state index is 0.0949. The summed E-state index contributed by atoms with van der Waals surface area (Å²) >= 11 is 4.88. The van der Waals surface area contributed by atoms with Crippen LogP contribution in [0.2, 0.25) is 0 Å². The predicted molar refractivity (Wildman–Crippen MR) is 72.5 cm³/mol. The highest BCUT2D eigenvalue weighted by atomic mass is 79.9. The first-order chi connectivity index (χ1) is 8.18. The standard InChI is InChI=1S/C12H16BrNO2S/c1-14(7-9-3-2-5-16-8-9)12(15)11-10(13)4-6-17-11/h4,6,9H,2-3,5,7-8H2,1H3/t9-/m1/s1. The van der Waals surface area contributed by atoms with Crippen LogP contribution in [0.1, 0.15) is 22.5 Å². The van der Waals surface area contributed by atoms with Gasteiger partial charge in [0.2, 0.25) is 0 Å². The number of hydrogen-bond acceptors (Lipinski definition) is 3. The van der Waals surface area contributed by atoms with Gasteiger partial charge in [0.25, 0.3) is 5.91 Å². The molecule has 1 fully saturated rings. The van der Waals surface area contributed by atoms with E-state index < -0.39 is 0 Å². The van der Waals surface area contributed by atoms with Crippen molar-refractivity contribution in [2.24, 2.45) is 5.92 Å². The molecule has 0 unspecified atom stereocenters. The highest BCUT2D eigenvalue weighted by molar-refractivity contribution is 9.10. The van der Waals surface area contributed by atoms with Gasteiger partial charge in [-0.05, 0) is 46.1 Å². The molecule has 2 heterocycles.